The maximum atomic E-state index is 10.5. The fourth-order valence-electron chi connectivity index (χ4n) is 1.19. The van der Waals surface area contributed by atoms with Crippen LogP contribution in [-0.4, -0.2) is 30.5 Å². The molecule has 0 unspecified atom stereocenters. The molecule has 0 amide bonds. The summed E-state index contributed by atoms with van der Waals surface area (Å²) in [5.41, 5.74) is 0. The molecule has 1 saturated heterocycles. The molecule has 1 aliphatic heterocycles. The molecule has 0 aliphatic carbocycles. The summed E-state index contributed by atoms with van der Waals surface area (Å²) in [6.45, 7) is 1.99. The van der Waals surface area contributed by atoms with Crippen LogP contribution in [-0.2, 0) is 10.3 Å². The summed E-state index contributed by atoms with van der Waals surface area (Å²) in [6, 6.07) is -0.112. The molecule has 1 heterocycles. The summed E-state index contributed by atoms with van der Waals surface area (Å²) in [5, 5.41) is 0. The summed E-state index contributed by atoms with van der Waals surface area (Å²) >= 11 is 1.71. The number of thioether (sulfide) groups is 1. The minimum Gasteiger partial charge on any atom is -0.273 e. The first kappa shape index (κ1) is 10.3. The molecule has 0 bridgehead atoms. The molecule has 12 heavy (non-hydrogen) atoms. The SMILES string of the molecule is C[C@@H]1CCSC[C@@H]1NS(=O)(=O)O. The Bertz CT molecular complexity index is 239. The Morgan fingerprint density at radius 2 is 2.25 bits per heavy atom. The molecule has 0 spiro atoms. The van der Waals surface area contributed by atoms with E-state index in [4.69, 9.17) is 4.55 Å². The van der Waals surface area contributed by atoms with Gasteiger partial charge >= 0.3 is 10.3 Å². The molecule has 0 aromatic heterocycles. The van der Waals surface area contributed by atoms with E-state index in [0.717, 1.165) is 17.9 Å². The van der Waals surface area contributed by atoms with Gasteiger partial charge in [0, 0.05) is 11.8 Å². The summed E-state index contributed by atoms with van der Waals surface area (Å²) in [6.07, 6.45) is 0.998. The molecule has 6 heteroatoms. The predicted octanol–water partition coefficient (Wildman–Crippen LogP) is 0.520. The van der Waals surface area contributed by atoms with Gasteiger partial charge in [0.15, 0.2) is 0 Å². The molecule has 1 rings (SSSR count). The van der Waals surface area contributed by atoms with Crippen molar-refractivity contribution in [2.24, 2.45) is 5.92 Å². The zero-order valence-electron chi connectivity index (χ0n) is 6.86. The Hall–Kier alpha value is 0.220. The highest BCUT2D eigenvalue weighted by molar-refractivity contribution is 7.99. The highest BCUT2D eigenvalue weighted by Gasteiger charge is 2.24. The van der Waals surface area contributed by atoms with E-state index in [0.29, 0.717) is 5.92 Å². The third-order valence-corrected chi connectivity index (χ3v) is 3.72. The minimum absolute atomic E-state index is 0.112. The smallest absolute Gasteiger partial charge is 0.273 e. The van der Waals surface area contributed by atoms with Crippen molar-refractivity contribution in [1.29, 1.82) is 0 Å². The van der Waals surface area contributed by atoms with Crippen LogP contribution >= 0.6 is 11.8 Å². The molecule has 72 valence electrons. The van der Waals surface area contributed by atoms with Crippen molar-refractivity contribution in [2.45, 2.75) is 19.4 Å². The number of rotatable bonds is 2. The zero-order valence-corrected chi connectivity index (χ0v) is 8.49. The van der Waals surface area contributed by atoms with Gasteiger partial charge in [0.05, 0.1) is 0 Å². The van der Waals surface area contributed by atoms with Gasteiger partial charge in [0.2, 0.25) is 0 Å². The monoisotopic (exact) mass is 211 g/mol. The van der Waals surface area contributed by atoms with Crippen LogP contribution in [0.5, 0.6) is 0 Å². The van der Waals surface area contributed by atoms with Crippen LogP contribution in [0, 0.1) is 5.92 Å². The van der Waals surface area contributed by atoms with Crippen molar-refractivity contribution in [2.75, 3.05) is 11.5 Å². The normalized spacial score (nSPS) is 31.8. The Balaban J connectivity index is 2.50. The van der Waals surface area contributed by atoms with Crippen molar-refractivity contribution >= 4 is 22.1 Å². The van der Waals surface area contributed by atoms with Gasteiger partial charge in [-0.15, -0.1) is 0 Å². The fraction of sp³-hybridized carbons (Fsp3) is 1.00. The molecule has 0 aromatic carbocycles. The Labute approximate surface area is 77.0 Å². The lowest BCUT2D eigenvalue weighted by molar-refractivity contribution is 0.401. The van der Waals surface area contributed by atoms with Gasteiger partial charge in [-0.2, -0.15) is 24.9 Å². The van der Waals surface area contributed by atoms with Crippen LogP contribution < -0.4 is 4.72 Å². The van der Waals surface area contributed by atoms with E-state index in [-0.39, 0.29) is 6.04 Å². The maximum Gasteiger partial charge on any atom is 0.333 e. The molecule has 0 aromatic rings. The average Bonchev–Trinajstić information content (AvgIpc) is 1.91. The van der Waals surface area contributed by atoms with Crippen LogP contribution in [0.3, 0.4) is 0 Å². The van der Waals surface area contributed by atoms with E-state index in [1.807, 2.05) is 6.92 Å². The van der Waals surface area contributed by atoms with Crippen LogP contribution in [0.4, 0.5) is 0 Å². The quantitative estimate of drug-likeness (QED) is 0.654. The second-order valence-electron chi connectivity index (χ2n) is 3.04. The van der Waals surface area contributed by atoms with Crippen LogP contribution in [0.1, 0.15) is 13.3 Å². The minimum atomic E-state index is -4.02. The first-order valence-corrected chi connectivity index (χ1v) is 6.41. The Kier molecular flexibility index (Phi) is 3.39. The Morgan fingerprint density at radius 1 is 1.58 bits per heavy atom. The zero-order chi connectivity index (χ0) is 9.19. The van der Waals surface area contributed by atoms with Gasteiger partial charge < -0.3 is 0 Å². The van der Waals surface area contributed by atoms with Crippen LogP contribution in [0.2, 0.25) is 0 Å². The standard InChI is InChI=1S/C6H13NO3S2/c1-5-2-3-11-4-6(5)7-12(8,9)10/h5-7H,2-4H2,1H3,(H,8,9,10)/t5-,6+/m1/s1. The molecular weight excluding hydrogens is 198 g/mol. The maximum absolute atomic E-state index is 10.5. The predicted molar refractivity (Wildman–Crippen MR) is 49.6 cm³/mol. The van der Waals surface area contributed by atoms with Crippen LogP contribution in [0.25, 0.3) is 0 Å². The molecule has 2 atom stereocenters. The van der Waals surface area contributed by atoms with Crippen molar-refractivity contribution < 1.29 is 13.0 Å². The van der Waals surface area contributed by atoms with Crippen molar-refractivity contribution in [3.8, 4) is 0 Å². The third kappa shape index (κ3) is 3.30. The molecule has 1 fully saturated rings. The van der Waals surface area contributed by atoms with Crippen molar-refractivity contribution in [3.05, 3.63) is 0 Å². The Morgan fingerprint density at radius 3 is 2.75 bits per heavy atom. The third-order valence-electron chi connectivity index (χ3n) is 2.00. The summed E-state index contributed by atoms with van der Waals surface area (Å²) in [5.74, 6) is 2.14. The van der Waals surface area contributed by atoms with Gasteiger partial charge in [0.25, 0.3) is 0 Å². The molecule has 4 nitrogen and oxygen atoms in total. The average molecular weight is 211 g/mol. The lowest BCUT2D eigenvalue weighted by atomic mass is 10.0. The summed E-state index contributed by atoms with van der Waals surface area (Å²) < 4.78 is 31.7. The van der Waals surface area contributed by atoms with Gasteiger partial charge in [-0.3, -0.25) is 4.55 Å². The number of nitrogens with one attached hydrogen (secondary N) is 1. The number of hydrogen-bond acceptors (Lipinski definition) is 3. The van der Waals surface area contributed by atoms with E-state index >= 15 is 0 Å². The lowest BCUT2D eigenvalue weighted by Crippen LogP contribution is -2.42. The van der Waals surface area contributed by atoms with Crippen molar-refractivity contribution in [3.63, 3.8) is 0 Å². The fourth-order valence-corrected chi connectivity index (χ4v) is 3.36. The summed E-state index contributed by atoms with van der Waals surface area (Å²) in [4.78, 5) is 0. The molecular formula is C6H13NO3S2. The van der Waals surface area contributed by atoms with Crippen LogP contribution in [0.15, 0.2) is 0 Å². The second-order valence-corrected chi connectivity index (χ2v) is 5.38. The first-order chi connectivity index (χ1) is 5.49. The first-order valence-electron chi connectivity index (χ1n) is 3.81. The highest BCUT2D eigenvalue weighted by Crippen LogP contribution is 2.22. The topological polar surface area (TPSA) is 66.4 Å². The van der Waals surface area contributed by atoms with Gasteiger partial charge in [-0.25, -0.2) is 0 Å². The molecule has 0 radical (unpaired) electrons. The van der Waals surface area contributed by atoms with Crippen molar-refractivity contribution in [1.82, 2.24) is 4.72 Å². The van der Waals surface area contributed by atoms with Gasteiger partial charge in [-0.1, -0.05) is 6.92 Å². The van der Waals surface area contributed by atoms with E-state index in [1.54, 1.807) is 11.8 Å². The molecule has 0 saturated carbocycles. The van der Waals surface area contributed by atoms with Gasteiger partial charge in [-0.05, 0) is 18.1 Å². The van der Waals surface area contributed by atoms with E-state index < -0.39 is 10.3 Å². The molecule has 1 aliphatic rings. The second kappa shape index (κ2) is 3.95. The highest BCUT2D eigenvalue weighted by atomic mass is 32.2. The lowest BCUT2D eigenvalue weighted by Gasteiger charge is -2.27. The van der Waals surface area contributed by atoms with E-state index in [9.17, 15) is 8.42 Å². The largest absolute Gasteiger partial charge is 0.333 e. The van der Waals surface area contributed by atoms with E-state index in [2.05, 4.69) is 4.72 Å². The number of hydrogen-bond donors (Lipinski definition) is 2. The van der Waals surface area contributed by atoms with E-state index in [1.165, 1.54) is 0 Å². The summed E-state index contributed by atoms with van der Waals surface area (Å²) in [7, 11) is -4.02. The molecule has 2 N–H and O–H groups in total. The van der Waals surface area contributed by atoms with Gasteiger partial charge in [0.1, 0.15) is 0 Å².